The first-order valence-electron chi connectivity index (χ1n) is 6.35. The standard InChI is InChI=1S/C14H18FN3/c1-9-14(13-8-18(2)6-5-16-13)11-7-10(15)3-4-12(11)17-9/h3-4,7,13,16-17H,5-6,8H2,1-2H3. The highest BCUT2D eigenvalue weighted by Gasteiger charge is 2.23. The molecular weight excluding hydrogens is 229 g/mol. The number of hydrogen-bond donors (Lipinski definition) is 2. The number of fused-ring (bicyclic) bond motifs is 1. The van der Waals surface area contributed by atoms with E-state index in [4.69, 9.17) is 0 Å². The summed E-state index contributed by atoms with van der Waals surface area (Å²) in [6.07, 6.45) is 0. The van der Waals surface area contributed by atoms with E-state index < -0.39 is 0 Å². The van der Waals surface area contributed by atoms with Crippen LogP contribution < -0.4 is 5.32 Å². The number of H-pyrrole nitrogens is 1. The summed E-state index contributed by atoms with van der Waals surface area (Å²) in [6, 6.07) is 5.22. The molecule has 1 aliphatic rings. The Balaban J connectivity index is 2.09. The lowest BCUT2D eigenvalue weighted by molar-refractivity contribution is 0.241. The number of halogens is 1. The third-order valence-corrected chi connectivity index (χ3v) is 3.72. The molecule has 4 heteroatoms. The Bertz CT molecular complexity index is 576. The molecule has 1 saturated heterocycles. The Morgan fingerprint density at radius 1 is 1.39 bits per heavy atom. The number of piperazine rings is 1. The van der Waals surface area contributed by atoms with E-state index in [1.54, 1.807) is 6.07 Å². The minimum absolute atomic E-state index is 0.174. The Hall–Kier alpha value is -1.39. The molecule has 3 rings (SSSR count). The van der Waals surface area contributed by atoms with Gasteiger partial charge in [-0.05, 0) is 37.7 Å². The van der Waals surface area contributed by atoms with Crippen molar-refractivity contribution in [2.75, 3.05) is 26.7 Å². The minimum atomic E-state index is -0.174. The quantitative estimate of drug-likeness (QED) is 0.809. The lowest BCUT2D eigenvalue weighted by atomic mass is 10.0. The SMILES string of the molecule is Cc1[nH]c2ccc(F)cc2c1C1CN(C)CCN1. The molecule has 1 unspecified atom stereocenters. The number of nitrogens with zero attached hydrogens (tertiary/aromatic N) is 1. The molecule has 1 aromatic heterocycles. The van der Waals surface area contributed by atoms with Crippen LogP contribution >= 0.6 is 0 Å². The van der Waals surface area contributed by atoms with E-state index >= 15 is 0 Å². The molecule has 0 saturated carbocycles. The highest BCUT2D eigenvalue weighted by molar-refractivity contribution is 5.85. The highest BCUT2D eigenvalue weighted by Crippen LogP contribution is 2.29. The molecule has 1 aliphatic heterocycles. The van der Waals surface area contributed by atoms with Crippen LogP contribution in [-0.4, -0.2) is 36.6 Å². The van der Waals surface area contributed by atoms with Crippen molar-refractivity contribution >= 4 is 10.9 Å². The van der Waals surface area contributed by atoms with Crippen LogP contribution in [0.4, 0.5) is 4.39 Å². The minimum Gasteiger partial charge on any atom is -0.358 e. The lowest BCUT2D eigenvalue weighted by Crippen LogP contribution is -2.43. The van der Waals surface area contributed by atoms with Crippen molar-refractivity contribution in [3.63, 3.8) is 0 Å². The molecule has 0 spiro atoms. The summed E-state index contributed by atoms with van der Waals surface area (Å²) in [7, 11) is 2.12. The number of aromatic nitrogens is 1. The van der Waals surface area contributed by atoms with Crippen molar-refractivity contribution in [2.45, 2.75) is 13.0 Å². The Kier molecular flexibility index (Phi) is 2.84. The second kappa shape index (κ2) is 4.37. The van der Waals surface area contributed by atoms with Gasteiger partial charge in [0.25, 0.3) is 0 Å². The van der Waals surface area contributed by atoms with Gasteiger partial charge in [0.2, 0.25) is 0 Å². The van der Waals surface area contributed by atoms with Gasteiger partial charge in [0.05, 0.1) is 0 Å². The Labute approximate surface area is 106 Å². The molecule has 0 amide bonds. The molecule has 2 aromatic rings. The van der Waals surface area contributed by atoms with E-state index in [9.17, 15) is 4.39 Å². The van der Waals surface area contributed by atoms with Crippen LogP contribution in [0.15, 0.2) is 18.2 Å². The van der Waals surface area contributed by atoms with E-state index in [2.05, 4.69) is 29.2 Å². The van der Waals surface area contributed by atoms with E-state index in [1.807, 2.05) is 6.07 Å². The maximum Gasteiger partial charge on any atom is 0.123 e. The van der Waals surface area contributed by atoms with Crippen molar-refractivity contribution in [1.82, 2.24) is 15.2 Å². The number of nitrogens with one attached hydrogen (secondary N) is 2. The van der Waals surface area contributed by atoms with Gasteiger partial charge in [0.15, 0.2) is 0 Å². The van der Waals surface area contributed by atoms with Crippen LogP contribution in [0, 0.1) is 12.7 Å². The zero-order chi connectivity index (χ0) is 12.7. The van der Waals surface area contributed by atoms with Gasteiger partial charge in [0, 0.05) is 42.3 Å². The number of aromatic amines is 1. The van der Waals surface area contributed by atoms with Crippen molar-refractivity contribution in [3.8, 4) is 0 Å². The molecule has 1 fully saturated rings. The molecule has 2 N–H and O–H groups in total. The first-order chi connectivity index (χ1) is 8.65. The zero-order valence-corrected chi connectivity index (χ0v) is 10.8. The van der Waals surface area contributed by atoms with Crippen LogP contribution in [0.5, 0.6) is 0 Å². The normalized spacial score (nSPS) is 21.6. The summed E-state index contributed by atoms with van der Waals surface area (Å²) in [5.41, 5.74) is 3.35. The van der Waals surface area contributed by atoms with Gasteiger partial charge < -0.3 is 15.2 Å². The average Bonchev–Trinajstić information content (AvgIpc) is 2.64. The number of aryl methyl sites for hydroxylation is 1. The summed E-state index contributed by atoms with van der Waals surface area (Å²) in [4.78, 5) is 5.65. The van der Waals surface area contributed by atoms with E-state index in [0.717, 1.165) is 36.2 Å². The van der Waals surface area contributed by atoms with Gasteiger partial charge in [-0.25, -0.2) is 4.39 Å². The largest absolute Gasteiger partial charge is 0.358 e. The fourth-order valence-electron chi connectivity index (χ4n) is 2.86. The van der Waals surface area contributed by atoms with Gasteiger partial charge in [-0.1, -0.05) is 0 Å². The lowest BCUT2D eigenvalue weighted by Gasteiger charge is -2.31. The topological polar surface area (TPSA) is 31.1 Å². The van der Waals surface area contributed by atoms with E-state index in [-0.39, 0.29) is 11.9 Å². The molecule has 3 nitrogen and oxygen atoms in total. The molecule has 2 heterocycles. The van der Waals surface area contributed by atoms with Crippen LogP contribution in [0.25, 0.3) is 10.9 Å². The van der Waals surface area contributed by atoms with Gasteiger partial charge in [0.1, 0.15) is 5.82 Å². The first-order valence-corrected chi connectivity index (χ1v) is 6.35. The predicted molar refractivity (Wildman–Crippen MR) is 71.2 cm³/mol. The monoisotopic (exact) mass is 247 g/mol. The van der Waals surface area contributed by atoms with E-state index in [1.165, 1.54) is 11.6 Å². The fourth-order valence-corrected chi connectivity index (χ4v) is 2.86. The average molecular weight is 247 g/mol. The summed E-state index contributed by atoms with van der Waals surface area (Å²) in [5, 5.41) is 4.52. The number of rotatable bonds is 1. The van der Waals surface area contributed by atoms with Gasteiger partial charge >= 0.3 is 0 Å². The highest BCUT2D eigenvalue weighted by atomic mass is 19.1. The summed E-state index contributed by atoms with van der Waals surface area (Å²) in [5.74, 6) is -0.174. The van der Waals surface area contributed by atoms with Gasteiger partial charge in [-0.15, -0.1) is 0 Å². The molecule has 96 valence electrons. The Morgan fingerprint density at radius 3 is 3.00 bits per heavy atom. The number of benzene rings is 1. The first kappa shape index (κ1) is 11.7. The van der Waals surface area contributed by atoms with Crippen LogP contribution in [0.2, 0.25) is 0 Å². The summed E-state index contributed by atoms with van der Waals surface area (Å²) >= 11 is 0. The molecule has 1 atom stereocenters. The van der Waals surface area contributed by atoms with Crippen LogP contribution in [-0.2, 0) is 0 Å². The van der Waals surface area contributed by atoms with E-state index in [0.29, 0.717) is 0 Å². The predicted octanol–water partition coefficient (Wildman–Crippen LogP) is 2.19. The molecule has 0 aliphatic carbocycles. The maximum atomic E-state index is 13.4. The molecule has 1 aromatic carbocycles. The van der Waals surface area contributed by atoms with Gasteiger partial charge in [-0.3, -0.25) is 0 Å². The van der Waals surface area contributed by atoms with Crippen LogP contribution in [0.1, 0.15) is 17.3 Å². The molecule has 18 heavy (non-hydrogen) atoms. The second-order valence-electron chi connectivity index (χ2n) is 5.12. The fraction of sp³-hybridized carbons (Fsp3) is 0.429. The Morgan fingerprint density at radius 2 is 2.22 bits per heavy atom. The molecular formula is C14H18FN3. The van der Waals surface area contributed by atoms with Crippen LogP contribution in [0.3, 0.4) is 0 Å². The van der Waals surface area contributed by atoms with Crippen molar-refractivity contribution in [3.05, 3.63) is 35.3 Å². The summed E-state index contributed by atoms with van der Waals surface area (Å²) < 4.78 is 13.4. The third-order valence-electron chi connectivity index (χ3n) is 3.72. The summed E-state index contributed by atoms with van der Waals surface area (Å²) in [6.45, 7) is 5.06. The molecule has 0 radical (unpaired) electrons. The van der Waals surface area contributed by atoms with Crippen molar-refractivity contribution in [1.29, 1.82) is 0 Å². The van der Waals surface area contributed by atoms with Crippen molar-refractivity contribution < 1.29 is 4.39 Å². The second-order valence-corrected chi connectivity index (χ2v) is 5.12. The maximum absolute atomic E-state index is 13.4. The molecule has 0 bridgehead atoms. The zero-order valence-electron chi connectivity index (χ0n) is 10.8. The third kappa shape index (κ3) is 1.91. The smallest absolute Gasteiger partial charge is 0.123 e. The van der Waals surface area contributed by atoms with Crippen molar-refractivity contribution in [2.24, 2.45) is 0 Å². The number of likely N-dealkylation sites (N-methyl/N-ethyl adjacent to an activating group) is 1. The number of hydrogen-bond acceptors (Lipinski definition) is 2. The van der Waals surface area contributed by atoms with Gasteiger partial charge in [-0.2, -0.15) is 0 Å².